The Morgan fingerprint density at radius 3 is 2.38 bits per heavy atom. The van der Waals surface area contributed by atoms with E-state index in [2.05, 4.69) is 42.3 Å². The smallest absolute Gasteiger partial charge is 0.267 e. The zero-order valence-corrected chi connectivity index (χ0v) is 19.7. The molecule has 2 aromatic carbocycles. The first-order valence-corrected chi connectivity index (χ1v) is 10.2. The van der Waals surface area contributed by atoms with Gasteiger partial charge in [-0.3, -0.25) is 4.79 Å². The van der Waals surface area contributed by atoms with Crippen molar-refractivity contribution in [3.8, 4) is 17.6 Å². The quantitative estimate of drug-likeness (QED) is 0.524. The average Bonchev–Trinajstić information content (AvgIpc) is 2.79. The first-order chi connectivity index (χ1) is 15.0. The van der Waals surface area contributed by atoms with Gasteiger partial charge in [-0.05, 0) is 43.2 Å². The molecule has 7 nitrogen and oxygen atoms in total. The molecule has 0 aliphatic carbocycles. The molecular formula is C24H29ClN4O3. The molecule has 0 aromatic heterocycles. The molecule has 1 aliphatic heterocycles. The van der Waals surface area contributed by atoms with Gasteiger partial charge in [0, 0.05) is 49.8 Å². The standard InChI is InChI=1S/C24H28N4O3.ClH/c1-17-6-5-7-21(18(17)2)28-12-10-27(11-13-28)16-19(15-25)24(29)26-20-8-9-22(30-3)23(14-20)31-4;/h5-9,14,16H,10-13H2,1-4H3,(H,26,29);1H/b19-16-;. The lowest BCUT2D eigenvalue weighted by molar-refractivity contribution is -0.112. The molecule has 1 amide bonds. The molecule has 8 heteroatoms. The van der Waals surface area contributed by atoms with E-state index >= 15 is 0 Å². The SMILES string of the molecule is COc1ccc(NC(=O)/C(C#N)=C\N2CCN(c3cccc(C)c3C)CC2)cc1OC.Cl. The second kappa shape index (κ2) is 11.3. The van der Waals surface area contributed by atoms with E-state index in [1.165, 1.54) is 23.9 Å². The third-order valence-corrected chi connectivity index (χ3v) is 5.55. The maximum Gasteiger partial charge on any atom is 0.267 e. The number of nitrogens with zero attached hydrogens (tertiary/aromatic N) is 3. The Morgan fingerprint density at radius 2 is 1.75 bits per heavy atom. The zero-order chi connectivity index (χ0) is 22.4. The fraction of sp³-hybridized carbons (Fsp3) is 0.333. The van der Waals surface area contributed by atoms with Gasteiger partial charge < -0.3 is 24.6 Å². The van der Waals surface area contributed by atoms with Crippen LogP contribution in [0.1, 0.15) is 11.1 Å². The van der Waals surface area contributed by atoms with Crippen LogP contribution in [0.2, 0.25) is 0 Å². The monoisotopic (exact) mass is 456 g/mol. The normalized spacial score (nSPS) is 13.7. The molecule has 0 saturated carbocycles. The number of rotatable bonds is 6. The second-order valence-corrected chi connectivity index (χ2v) is 7.42. The van der Waals surface area contributed by atoms with Gasteiger partial charge in [-0.2, -0.15) is 5.26 Å². The highest BCUT2D eigenvalue weighted by molar-refractivity contribution is 6.06. The third kappa shape index (κ3) is 5.65. The fourth-order valence-corrected chi connectivity index (χ4v) is 3.60. The van der Waals surface area contributed by atoms with Crippen LogP contribution in [-0.2, 0) is 4.79 Å². The number of halogens is 1. The molecule has 0 atom stereocenters. The summed E-state index contributed by atoms with van der Waals surface area (Å²) in [5.74, 6) is 0.621. The number of ether oxygens (including phenoxy) is 2. The van der Waals surface area contributed by atoms with Crippen molar-refractivity contribution in [2.24, 2.45) is 0 Å². The number of methoxy groups -OCH3 is 2. The number of nitrogens with one attached hydrogen (secondary N) is 1. The lowest BCUT2D eigenvalue weighted by Gasteiger charge is -2.36. The first kappa shape index (κ1) is 24.9. The van der Waals surface area contributed by atoms with E-state index in [9.17, 15) is 10.1 Å². The summed E-state index contributed by atoms with van der Waals surface area (Å²) < 4.78 is 10.5. The van der Waals surface area contributed by atoms with Crippen molar-refractivity contribution < 1.29 is 14.3 Å². The minimum Gasteiger partial charge on any atom is -0.493 e. The van der Waals surface area contributed by atoms with Crippen molar-refractivity contribution in [1.29, 1.82) is 5.26 Å². The Morgan fingerprint density at radius 1 is 1.06 bits per heavy atom. The van der Waals surface area contributed by atoms with Crippen molar-refractivity contribution in [2.45, 2.75) is 13.8 Å². The van der Waals surface area contributed by atoms with Crippen molar-refractivity contribution in [3.05, 3.63) is 59.3 Å². The summed E-state index contributed by atoms with van der Waals surface area (Å²) in [6.45, 7) is 7.40. The molecular weight excluding hydrogens is 428 g/mol. The van der Waals surface area contributed by atoms with E-state index in [1.54, 1.807) is 31.5 Å². The summed E-state index contributed by atoms with van der Waals surface area (Å²) in [7, 11) is 3.08. The van der Waals surface area contributed by atoms with Crippen LogP contribution in [0.3, 0.4) is 0 Å². The topological polar surface area (TPSA) is 77.8 Å². The maximum atomic E-state index is 12.6. The number of aryl methyl sites for hydroxylation is 1. The van der Waals surface area contributed by atoms with Gasteiger partial charge in [-0.25, -0.2) is 0 Å². The number of carbonyl (C=O) groups excluding carboxylic acids is 1. The second-order valence-electron chi connectivity index (χ2n) is 7.42. The number of hydrogen-bond acceptors (Lipinski definition) is 6. The van der Waals surface area contributed by atoms with Crippen LogP contribution in [0, 0.1) is 25.2 Å². The van der Waals surface area contributed by atoms with E-state index in [4.69, 9.17) is 9.47 Å². The lowest BCUT2D eigenvalue weighted by Crippen LogP contribution is -2.44. The molecule has 1 heterocycles. The highest BCUT2D eigenvalue weighted by Crippen LogP contribution is 2.30. The van der Waals surface area contributed by atoms with E-state index in [-0.39, 0.29) is 18.0 Å². The van der Waals surface area contributed by atoms with Crippen molar-refractivity contribution in [3.63, 3.8) is 0 Å². The molecule has 1 fully saturated rings. The van der Waals surface area contributed by atoms with Crippen LogP contribution in [0.5, 0.6) is 11.5 Å². The largest absolute Gasteiger partial charge is 0.493 e. The minimum atomic E-state index is -0.452. The predicted octanol–water partition coefficient (Wildman–Crippen LogP) is 3.91. The Bertz CT molecular complexity index is 1020. The van der Waals surface area contributed by atoms with Crippen LogP contribution >= 0.6 is 12.4 Å². The Hall–Kier alpha value is -3.37. The highest BCUT2D eigenvalue weighted by Gasteiger charge is 2.19. The van der Waals surface area contributed by atoms with Gasteiger partial charge >= 0.3 is 0 Å². The Labute approximate surface area is 195 Å². The highest BCUT2D eigenvalue weighted by atomic mass is 35.5. The molecule has 3 rings (SSSR count). The first-order valence-electron chi connectivity index (χ1n) is 10.2. The van der Waals surface area contributed by atoms with E-state index < -0.39 is 5.91 Å². The predicted molar refractivity (Wildman–Crippen MR) is 129 cm³/mol. The summed E-state index contributed by atoms with van der Waals surface area (Å²) in [6, 6.07) is 13.4. The van der Waals surface area contributed by atoms with Crippen molar-refractivity contribution in [2.75, 3.05) is 50.6 Å². The number of piperazine rings is 1. The maximum absolute atomic E-state index is 12.6. The number of carbonyl (C=O) groups is 1. The van der Waals surface area contributed by atoms with Gasteiger partial charge in [-0.1, -0.05) is 12.1 Å². The summed E-state index contributed by atoms with van der Waals surface area (Å²) in [5, 5.41) is 12.3. The molecule has 1 aliphatic rings. The minimum absolute atomic E-state index is 0. The van der Waals surface area contributed by atoms with Crippen molar-refractivity contribution in [1.82, 2.24) is 4.90 Å². The summed E-state index contributed by atoms with van der Waals surface area (Å²) in [6.07, 6.45) is 1.65. The molecule has 32 heavy (non-hydrogen) atoms. The number of benzene rings is 2. The fourth-order valence-electron chi connectivity index (χ4n) is 3.60. The molecule has 2 aromatic rings. The molecule has 1 saturated heterocycles. The van der Waals surface area contributed by atoms with Crippen LogP contribution in [0.4, 0.5) is 11.4 Å². The Kier molecular flexibility index (Phi) is 8.80. The molecule has 0 unspecified atom stereocenters. The van der Waals surface area contributed by atoms with Crippen LogP contribution in [0.15, 0.2) is 48.2 Å². The summed E-state index contributed by atoms with van der Waals surface area (Å²) in [4.78, 5) is 17.0. The number of nitriles is 1. The molecule has 0 bridgehead atoms. The number of hydrogen-bond donors (Lipinski definition) is 1. The summed E-state index contributed by atoms with van der Waals surface area (Å²) >= 11 is 0. The van der Waals surface area contributed by atoms with Gasteiger partial charge in [0.1, 0.15) is 11.6 Å². The van der Waals surface area contributed by atoms with E-state index in [0.717, 1.165) is 26.2 Å². The molecule has 1 N–H and O–H groups in total. The summed E-state index contributed by atoms with van der Waals surface area (Å²) in [5.41, 5.74) is 4.41. The molecule has 170 valence electrons. The van der Waals surface area contributed by atoms with Gasteiger partial charge in [0.15, 0.2) is 11.5 Å². The van der Waals surface area contributed by atoms with E-state index in [0.29, 0.717) is 17.2 Å². The number of anilines is 2. The molecule has 0 spiro atoms. The molecule has 0 radical (unpaired) electrons. The van der Waals surface area contributed by atoms with Crippen molar-refractivity contribution >= 4 is 29.7 Å². The van der Waals surface area contributed by atoms with Crippen LogP contribution < -0.4 is 19.7 Å². The van der Waals surface area contributed by atoms with E-state index in [1.807, 2.05) is 11.0 Å². The van der Waals surface area contributed by atoms with Crippen LogP contribution in [0.25, 0.3) is 0 Å². The van der Waals surface area contributed by atoms with Gasteiger partial charge in [-0.15, -0.1) is 12.4 Å². The van der Waals surface area contributed by atoms with Gasteiger partial charge in [0.05, 0.1) is 14.2 Å². The Balaban J connectivity index is 0.00000363. The number of amides is 1. The zero-order valence-electron chi connectivity index (χ0n) is 18.8. The van der Waals surface area contributed by atoms with Gasteiger partial charge in [0.2, 0.25) is 0 Å². The lowest BCUT2D eigenvalue weighted by atomic mass is 10.1. The van der Waals surface area contributed by atoms with Crippen LogP contribution in [-0.4, -0.2) is 51.2 Å². The van der Waals surface area contributed by atoms with Gasteiger partial charge in [0.25, 0.3) is 5.91 Å². The average molecular weight is 457 g/mol. The third-order valence-electron chi connectivity index (χ3n) is 5.55.